The number of nitrogens with one attached hydrogen (secondary N) is 1. The molecule has 0 heterocycles. The lowest BCUT2D eigenvalue weighted by atomic mass is 10.0. The minimum absolute atomic E-state index is 0.301. The molecule has 0 saturated heterocycles. The van der Waals surface area contributed by atoms with E-state index in [1.165, 1.54) is 51.4 Å². The molecule has 1 fully saturated rings. The maximum absolute atomic E-state index is 3.42. The largest absolute Gasteiger partial charge is 0.312 e. The molecule has 0 atom stereocenters. The van der Waals surface area contributed by atoms with E-state index >= 15 is 0 Å². The third-order valence-electron chi connectivity index (χ3n) is 3.67. The predicted molar refractivity (Wildman–Crippen MR) is 84.1 cm³/mol. The fourth-order valence-corrected chi connectivity index (χ4v) is 1.91. The predicted octanol–water partition coefficient (Wildman–Crippen LogP) is 5.54. The van der Waals surface area contributed by atoms with E-state index in [0.29, 0.717) is 5.54 Å². The Hall–Kier alpha value is -0.0400. The lowest BCUT2D eigenvalue weighted by molar-refractivity contribution is 0.421. The van der Waals surface area contributed by atoms with Gasteiger partial charge in [0.05, 0.1) is 0 Å². The quantitative estimate of drug-likeness (QED) is 0.589. The van der Waals surface area contributed by atoms with Crippen molar-refractivity contribution >= 4 is 0 Å². The molecule has 1 aliphatic carbocycles. The molecule has 0 aromatic heterocycles. The van der Waals surface area contributed by atoms with Crippen LogP contribution in [-0.2, 0) is 0 Å². The molecule has 1 saturated carbocycles. The molecule has 0 aromatic rings. The molecule has 0 radical (unpaired) electrons. The third-order valence-corrected chi connectivity index (χ3v) is 3.67. The molecule has 0 aromatic carbocycles. The van der Waals surface area contributed by atoms with Gasteiger partial charge in [-0.25, -0.2) is 0 Å². The molecule has 110 valence electrons. The first-order chi connectivity index (χ1) is 8.33. The first kappa shape index (κ1) is 18.0. The Kier molecular flexibility index (Phi) is 8.94. The maximum Gasteiger partial charge on any atom is 0.00965 e. The molecule has 18 heavy (non-hydrogen) atoms. The summed E-state index contributed by atoms with van der Waals surface area (Å²) in [7, 11) is 0. The van der Waals surface area contributed by atoms with Crippen molar-refractivity contribution in [3.8, 4) is 0 Å². The standard InChI is InChI=1S/C9H18.C8H19N/c1-3-4-5-6-9(2)7-8-9;1-5-6-7-9-8(2,3)4/h3-8H2,1-2H3;9H,5-7H2,1-4H3. The number of unbranched alkanes of at least 4 members (excludes halogenated alkanes) is 3. The number of rotatable bonds is 7. The van der Waals surface area contributed by atoms with E-state index in [1.807, 2.05) is 0 Å². The first-order valence-corrected chi connectivity index (χ1v) is 8.08. The molecule has 1 heteroatoms. The van der Waals surface area contributed by atoms with Crippen LogP contribution in [0.4, 0.5) is 0 Å². The second-order valence-corrected chi connectivity index (χ2v) is 7.30. The van der Waals surface area contributed by atoms with Crippen molar-refractivity contribution in [3.63, 3.8) is 0 Å². The minimum Gasteiger partial charge on any atom is -0.312 e. The van der Waals surface area contributed by atoms with E-state index in [4.69, 9.17) is 0 Å². The average molecular weight is 255 g/mol. The molecule has 0 bridgehead atoms. The van der Waals surface area contributed by atoms with Gasteiger partial charge in [0.2, 0.25) is 0 Å². The lowest BCUT2D eigenvalue weighted by Crippen LogP contribution is -2.36. The smallest absolute Gasteiger partial charge is 0.00965 e. The van der Waals surface area contributed by atoms with Crippen molar-refractivity contribution in [2.24, 2.45) is 5.41 Å². The molecule has 1 rings (SSSR count). The Balaban J connectivity index is 0.000000321. The van der Waals surface area contributed by atoms with Crippen LogP contribution in [0, 0.1) is 5.41 Å². The Morgan fingerprint density at radius 2 is 1.50 bits per heavy atom. The van der Waals surface area contributed by atoms with Crippen LogP contribution in [0.25, 0.3) is 0 Å². The second-order valence-electron chi connectivity index (χ2n) is 7.30. The zero-order valence-corrected chi connectivity index (χ0v) is 13.9. The Morgan fingerprint density at radius 1 is 0.944 bits per heavy atom. The maximum atomic E-state index is 3.42. The lowest BCUT2D eigenvalue weighted by Gasteiger charge is -2.19. The van der Waals surface area contributed by atoms with Gasteiger partial charge in [-0.15, -0.1) is 0 Å². The van der Waals surface area contributed by atoms with E-state index in [1.54, 1.807) is 0 Å². The molecule has 0 aliphatic heterocycles. The molecule has 0 amide bonds. The van der Waals surface area contributed by atoms with Gasteiger partial charge in [0.1, 0.15) is 0 Å². The summed E-state index contributed by atoms with van der Waals surface area (Å²) in [6.07, 6.45) is 11.3. The number of hydrogen-bond acceptors (Lipinski definition) is 1. The second kappa shape index (κ2) is 8.96. The van der Waals surface area contributed by atoms with Crippen molar-refractivity contribution < 1.29 is 0 Å². The van der Waals surface area contributed by atoms with Crippen LogP contribution in [0.1, 0.15) is 92.9 Å². The molecule has 1 N–H and O–H groups in total. The molecular formula is C17H37N. The van der Waals surface area contributed by atoms with Crippen LogP contribution in [0.2, 0.25) is 0 Å². The molecular weight excluding hydrogens is 218 g/mol. The zero-order chi connectivity index (χ0) is 14.1. The Morgan fingerprint density at radius 3 is 1.89 bits per heavy atom. The summed E-state index contributed by atoms with van der Waals surface area (Å²) in [6.45, 7) is 14.6. The van der Waals surface area contributed by atoms with Crippen molar-refractivity contribution in [1.29, 1.82) is 0 Å². The van der Waals surface area contributed by atoms with Crippen molar-refractivity contribution in [2.75, 3.05) is 6.54 Å². The number of hydrogen-bond donors (Lipinski definition) is 1. The van der Waals surface area contributed by atoms with Gasteiger partial charge in [0.15, 0.2) is 0 Å². The summed E-state index contributed by atoms with van der Waals surface area (Å²) in [6, 6.07) is 0. The fourth-order valence-electron chi connectivity index (χ4n) is 1.91. The Labute approximate surface area is 116 Å². The molecule has 0 spiro atoms. The summed E-state index contributed by atoms with van der Waals surface area (Å²) < 4.78 is 0. The van der Waals surface area contributed by atoms with Crippen molar-refractivity contribution in [2.45, 2.75) is 98.4 Å². The van der Waals surface area contributed by atoms with Gasteiger partial charge in [-0.2, -0.15) is 0 Å². The normalized spacial score (nSPS) is 17.0. The highest BCUT2D eigenvalue weighted by Crippen LogP contribution is 2.49. The molecule has 1 aliphatic rings. The third kappa shape index (κ3) is 12.4. The monoisotopic (exact) mass is 255 g/mol. The van der Waals surface area contributed by atoms with E-state index in [2.05, 4.69) is 46.9 Å². The zero-order valence-electron chi connectivity index (χ0n) is 13.9. The van der Waals surface area contributed by atoms with Gasteiger partial charge in [0, 0.05) is 5.54 Å². The van der Waals surface area contributed by atoms with Crippen LogP contribution >= 0.6 is 0 Å². The van der Waals surface area contributed by atoms with Crippen molar-refractivity contribution in [1.82, 2.24) is 5.32 Å². The Bertz CT molecular complexity index is 175. The van der Waals surface area contributed by atoms with E-state index < -0.39 is 0 Å². The van der Waals surface area contributed by atoms with Gasteiger partial charge >= 0.3 is 0 Å². The van der Waals surface area contributed by atoms with Gasteiger partial charge in [0.25, 0.3) is 0 Å². The van der Waals surface area contributed by atoms with E-state index in [0.717, 1.165) is 12.0 Å². The molecule has 0 unspecified atom stereocenters. The fraction of sp³-hybridized carbons (Fsp3) is 1.00. The summed E-state index contributed by atoms with van der Waals surface area (Å²) in [5.74, 6) is 0. The highest BCUT2D eigenvalue weighted by atomic mass is 14.9. The van der Waals surface area contributed by atoms with Gasteiger partial charge in [-0.05, 0) is 58.4 Å². The van der Waals surface area contributed by atoms with Crippen LogP contribution in [0.15, 0.2) is 0 Å². The van der Waals surface area contributed by atoms with Crippen molar-refractivity contribution in [3.05, 3.63) is 0 Å². The summed E-state index contributed by atoms with van der Waals surface area (Å²) in [5.41, 5.74) is 1.10. The van der Waals surface area contributed by atoms with E-state index in [9.17, 15) is 0 Å². The minimum atomic E-state index is 0.301. The average Bonchev–Trinajstić information content (AvgIpc) is 2.97. The van der Waals surface area contributed by atoms with Gasteiger partial charge < -0.3 is 5.32 Å². The summed E-state index contributed by atoms with van der Waals surface area (Å²) in [5, 5.41) is 3.42. The summed E-state index contributed by atoms with van der Waals surface area (Å²) in [4.78, 5) is 0. The first-order valence-electron chi connectivity index (χ1n) is 8.08. The summed E-state index contributed by atoms with van der Waals surface area (Å²) >= 11 is 0. The molecule has 1 nitrogen and oxygen atoms in total. The highest BCUT2D eigenvalue weighted by Gasteiger charge is 2.35. The van der Waals surface area contributed by atoms with Crippen LogP contribution in [-0.4, -0.2) is 12.1 Å². The van der Waals surface area contributed by atoms with Crippen LogP contribution in [0.3, 0.4) is 0 Å². The van der Waals surface area contributed by atoms with Gasteiger partial charge in [-0.3, -0.25) is 0 Å². The van der Waals surface area contributed by atoms with Gasteiger partial charge in [-0.1, -0.05) is 46.5 Å². The highest BCUT2D eigenvalue weighted by molar-refractivity contribution is 4.87. The topological polar surface area (TPSA) is 12.0 Å². The SMILES string of the molecule is CCCCCC1(C)CC1.CCCCNC(C)(C)C. The van der Waals surface area contributed by atoms with Crippen LogP contribution in [0.5, 0.6) is 0 Å². The van der Waals surface area contributed by atoms with Crippen LogP contribution < -0.4 is 5.32 Å². The van der Waals surface area contributed by atoms with E-state index in [-0.39, 0.29) is 0 Å².